The fraction of sp³-hybridized carbons (Fsp3) is 0.154. The molecule has 1 aromatic carbocycles. The van der Waals surface area contributed by atoms with Gasteiger partial charge in [-0.15, -0.1) is 0 Å². The van der Waals surface area contributed by atoms with Gasteiger partial charge in [0, 0.05) is 18.8 Å². The maximum atomic E-state index is 11.8. The number of carbonyl (C=O) groups excluding carboxylic acids is 2. The molecule has 0 saturated heterocycles. The summed E-state index contributed by atoms with van der Waals surface area (Å²) in [6, 6.07) is 8.81. The number of carbonyl (C=O) groups is 2. The van der Waals surface area contributed by atoms with Crippen LogP contribution in [-0.4, -0.2) is 21.3 Å². The third kappa shape index (κ3) is 2.66. The minimum atomic E-state index is -0.202. The molecule has 0 aliphatic heterocycles. The Bertz CT molecular complexity index is 544. The van der Waals surface area contributed by atoms with E-state index in [-0.39, 0.29) is 18.0 Å². The lowest BCUT2D eigenvalue weighted by atomic mass is 10.0. The van der Waals surface area contributed by atoms with Gasteiger partial charge in [-0.25, -0.2) is 0 Å². The van der Waals surface area contributed by atoms with Crippen molar-refractivity contribution >= 4 is 11.6 Å². The maximum absolute atomic E-state index is 11.8. The summed E-state index contributed by atoms with van der Waals surface area (Å²) in [7, 11) is 1.73. The molecule has 0 bridgehead atoms. The SMILES string of the molecule is Cn1cc(C(=O)CC(=O)c2ccccc2)cn1. The van der Waals surface area contributed by atoms with Gasteiger partial charge < -0.3 is 0 Å². The monoisotopic (exact) mass is 228 g/mol. The van der Waals surface area contributed by atoms with Gasteiger partial charge in [0.05, 0.1) is 18.2 Å². The molecular weight excluding hydrogens is 216 g/mol. The Morgan fingerprint density at radius 1 is 1.12 bits per heavy atom. The van der Waals surface area contributed by atoms with Crippen molar-refractivity contribution in [2.24, 2.45) is 7.05 Å². The first-order chi connectivity index (χ1) is 8.16. The molecular formula is C13H12N2O2. The van der Waals surface area contributed by atoms with Crippen molar-refractivity contribution in [2.75, 3.05) is 0 Å². The Kier molecular flexibility index (Phi) is 3.14. The predicted molar refractivity (Wildman–Crippen MR) is 62.9 cm³/mol. The molecule has 0 spiro atoms. The number of hydrogen-bond acceptors (Lipinski definition) is 3. The fourth-order valence-corrected chi connectivity index (χ4v) is 1.54. The largest absolute Gasteiger partial charge is 0.294 e. The van der Waals surface area contributed by atoms with Crippen LogP contribution in [-0.2, 0) is 7.05 Å². The Morgan fingerprint density at radius 2 is 1.76 bits per heavy atom. The quantitative estimate of drug-likeness (QED) is 0.593. The summed E-state index contributed by atoms with van der Waals surface area (Å²) in [6.07, 6.45) is 2.97. The molecule has 4 nitrogen and oxygen atoms in total. The lowest BCUT2D eigenvalue weighted by molar-refractivity contribution is 0.0894. The number of benzene rings is 1. The molecule has 86 valence electrons. The first kappa shape index (κ1) is 11.3. The Labute approximate surface area is 98.9 Å². The number of nitrogens with zero attached hydrogens (tertiary/aromatic N) is 2. The van der Waals surface area contributed by atoms with E-state index in [0.717, 1.165) is 0 Å². The van der Waals surface area contributed by atoms with Gasteiger partial charge in [-0.3, -0.25) is 14.3 Å². The number of aromatic nitrogens is 2. The first-order valence-electron chi connectivity index (χ1n) is 5.27. The van der Waals surface area contributed by atoms with E-state index in [0.29, 0.717) is 11.1 Å². The molecule has 2 rings (SSSR count). The summed E-state index contributed by atoms with van der Waals surface area (Å²) in [6.45, 7) is 0. The summed E-state index contributed by atoms with van der Waals surface area (Å²) in [5.74, 6) is -0.369. The molecule has 0 unspecified atom stereocenters. The Morgan fingerprint density at radius 3 is 2.35 bits per heavy atom. The van der Waals surface area contributed by atoms with Gasteiger partial charge in [-0.05, 0) is 0 Å². The van der Waals surface area contributed by atoms with Gasteiger partial charge in [0.25, 0.3) is 0 Å². The smallest absolute Gasteiger partial charge is 0.173 e. The average Bonchev–Trinajstić information content (AvgIpc) is 2.77. The Hall–Kier alpha value is -2.23. The molecule has 0 aliphatic rings. The van der Waals surface area contributed by atoms with E-state index in [2.05, 4.69) is 5.10 Å². The van der Waals surface area contributed by atoms with Gasteiger partial charge in [0.2, 0.25) is 0 Å². The van der Waals surface area contributed by atoms with E-state index < -0.39 is 0 Å². The number of aryl methyl sites for hydroxylation is 1. The van der Waals surface area contributed by atoms with Crippen LogP contribution >= 0.6 is 0 Å². The molecule has 2 aromatic rings. The van der Waals surface area contributed by atoms with Crippen LogP contribution < -0.4 is 0 Å². The summed E-state index contributed by atoms with van der Waals surface area (Å²) in [5.41, 5.74) is 1.03. The second-order valence-corrected chi connectivity index (χ2v) is 3.79. The van der Waals surface area contributed by atoms with Crippen LogP contribution in [0.1, 0.15) is 27.1 Å². The lowest BCUT2D eigenvalue weighted by Gasteiger charge is -1.98. The molecule has 0 N–H and O–H groups in total. The highest BCUT2D eigenvalue weighted by molar-refractivity contribution is 6.13. The molecule has 0 amide bonds. The molecule has 0 fully saturated rings. The normalized spacial score (nSPS) is 10.2. The number of rotatable bonds is 4. The van der Waals surface area contributed by atoms with Crippen LogP contribution in [0.4, 0.5) is 0 Å². The highest BCUT2D eigenvalue weighted by Crippen LogP contribution is 2.07. The van der Waals surface area contributed by atoms with Gasteiger partial charge in [-0.1, -0.05) is 30.3 Å². The van der Waals surface area contributed by atoms with Gasteiger partial charge >= 0.3 is 0 Å². The zero-order valence-corrected chi connectivity index (χ0v) is 9.46. The van der Waals surface area contributed by atoms with Crippen LogP contribution in [0.3, 0.4) is 0 Å². The zero-order chi connectivity index (χ0) is 12.3. The van der Waals surface area contributed by atoms with Gasteiger partial charge in [-0.2, -0.15) is 5.10 Å². The molecule has 0 saturated carbocycles. The van der Waals surface area contributed by atoms with E-state index in [1.807, 2.05) is 6.07 Å². The van der Waals surface area contributed by atoms with Crippen LogP contribution in [0.2, 0.25) is 0 Å². The van der Waals surface area contributed by atoms with Crippen LogP contribution in [0.5, 0.6) is 0 Å². The van der Waals surface area contributed by atoms with Gasteiger partial charge in [0.1, 0.15) is 0 Å². The van der Waals surface area contributed by atoms with Crippen molar-refractivity contribution in [3.05, 3.63) is 53.9 Å². The van der Waals surface area contributed by atoms with Crippen LogP contribution in [0.25, 0.3) is 0 Å². The summed E-state index contributed by atoms with van der Waals surface area (Å²) >= 11 is 0. The number of hydrogen-bond donors (Lipinski definition) is 0. The minimum Gasteiger partial charge on any atom is -0.294 e. The predicted octanol–water partition coefficient (Wildman–Crippen LogP) is 1.88. The molecule has 4 heteroatoms. The van der Waals surface area contributed by atoms with E-state index in [1.54, 1.807) is 42.2 Å². The van der Waals surface area contributed by atoms with E-state index in [1.165, 1.54) is 6.20 Å². The molecule has 1 aromatic heterocycles. The third-order valence-electron chi connectivity index (χ3n) is 2.44. The molecule has 0 atom stereocenters. The Balaban J connectivity index is 2.07. The standard InChI is InChI=1S/C13H12N2O2/c1-15-9-11(8-14-15)13(17)7-12(16)10-5-3-2-4-6-10/h2-6,8-9H,7H2,1H3. The van der Waals surface area contributed by atoms with Crippen molar-refractivity contribution in [1.29, 1.82) is 0 Å². The zero-order valence-electron chi connectivity index (χ0n) is 9.46. The topological polar surface area (TPSA) is 52.0 Å². The van der Waals surface area contributed by atoms with Gasteiger partial charge in [0.15, 0.2) is 11.6 Å². The maximum Gasteiger partial charge on any atom is 0.173 e. The van der Waals surface area contributed by atoms with Crippen molar-refractivity contribution < 1.29 is 9.59 Å². The van der Waals surface area contributed by atoms with Crippen LogP contribution in [0.15, 0.2) is 42.7 Å². The first-order valence-corrected chi connectivity index (χ1v) is 5.27. The molecule has 0 radical (unpaired) electrons. The second kappa shape index (κ2) is 4.74. The highest BCUT2D eigenvalue weighted by atomic mass is 16.1. The highest BCUT2D eigenvalue weighted by Gasteiger charge is 2.14. The minimum absolute atomic E-state index is 0.115. The van der Waals surface area contributed by atoms with Crippen molar-refractivity contribution in [3.63, 3.8) is 0 Å². The summed E-state index contributed by atoms with van der Waals surface area (Å²) in [4.78, 5) is 23.6. The summed E-state index contributed by atoms with van der Waals surface area (Å²) < 4.78 is 1.54. The third-order valence-corrected chi connectivity index (χ3v) is 2.44. The average molecular weight is 228 g/mol. The van der Waals surface area contributed by atoms with E-state index in [9.17, 15) is 9.59 Å². The van der Waals surface area contributed by atoms with Crippen LogP contribution in [0, 0.1) is 0 Å². The van der Waals surface area contributed by atoms with E-state index >= 15 is 0 Å². The van der Waals surface area contributed by atoms with Crippen molar-refractivity contribution in [3.8, 4) is 0 Å². The molecule has 0 aliphatic carbocycles. The molecule has 1 heterocycles. The number of ketones is 2. The lowest BCUT2D eigenvalue weighted by Crippen LogP contribution is -2.07. The van der Waals surface area contributed by atoms with Crippen molar-refractivity contribution in [2.45, 2.75) is 6.42 Å². The number of Topliss-reactive ketones (excluding diaryl/α,β-unsaturated/α-hetero) is 2. The summed E-state index contributed by atoms with van der Waals surface area (Å²) in [5, 5.41) is 3.90. The second-order valence-electron chi connectivity index (χ2n) is 3.79. The fourth-order valence-electron chi connectivity index (χ4n) is 1.54. The van der Waals surface area contributed by atoms with E-state index in [4.69, 9.17) is 0 Å². The van der Waals surface area contributed by atoms with Crippen molar-refractivity contribution in [1.82, 2.24) is 9.78 Å². The molecule has 17 heavy (non-hydrogen) atoms.